The van der Waals surface area contributed by atoms with E-state index in [9.17, 15) is 0 Å². The second-order valence-corrected chi connectivity index (χ2v) is 8.47. The SMILES string of the molecule is CCCCCCCCCCCCC1(Cc2cc(N)cc(N)c2)C=CC=CC1. The second-order valence-electron chi connectivity index (χ2n) is 8.47. The molecule has 0 radical (unpaired) electrons. The van der Waals surface area contributed by atoms with E-state index in [1.807, 2.05) is 6.07 Å². The minimum absolute atomic E-state index is 0.231. The molecule has 0 fully saturated rings. The predicted octanol–water partition coefficient (Wildman–Crippen LogP) is 7.21. The van der Waals surface area contributed by atoms with Gasteiger partial charge in [0.25, 0.3) is 0 Å². The van der Waals surface area contributed by atoms with Gasteiger partial charge >= 0.3 is 0 Å². The first-order chi connectivity index (χ1) is 13.1. The van der Waals surface area contributed by atoms with Crippen LogP contribution in [0.4, 0.5) is 11.4 Å². The molecular weight excluding hydrogens is 328 g/mol. The molecule has 0 aromatic heterocycles. The van der Waals surface area contributed by atoms with Gasteiger partial charge in [0, 0.05) is 11.4 Å². The van der Waals surface area contributed by atoms with E-state index in [0.29, 0.717) is 0 Å². The molecule has 0 amide bonds. The molecule has 150 valence electrons. The number of anilines is 2. The second kappa shape index (κ2) is 11.9. The lowest BCUT2D eigenvalue weighted by Gasteiger charge is -2.32. The van der Waals surface area contributed by atoms with Crippen LogP contribution in [0.2, 0.25) is 0 Å². The number of nitrogens with two attached hydrogens (primary N) is 2. The Hall–Kier alpha value is -1.70. The number of allylic oxidation sites excluding steroid dienone is 4. The fourth-order valence-electron chi connectivity index (χ4n) is 4.33. The lowest BCUT2D eigenvalue weighted by atomic mass is 9.73. The minimum Gasteiger partial charge on any atom is -0.399 e. The molecule has 2 nitrogen and oxygen atoms in total. The van der Waals surface area contributed by atoms with Crippen molar-refractivity contribution < 1.29 is 0 Å². The summed E-state index contributed by atoms with van der Waals surface area (Å²) in [4.78, 5) is 0. The normalized spacial score (nSPS) is 18.9. The van der Waals surface area contributed by atoms with Crippen LogP contribution in [0.15, 0.2) is 42.5 Å². The molecule has 0 aliphatic heterocycles. The summed E-state index contributed by atoms with van der Waals surface area (Å²) in [5.74, 6) is 0. The maximum atomic E-state index is 6.00. The largest absolute Gasteiger partial charge is 0.399 e. The third-order valence-corrected chi connectivity index (χ3v) is 5.84. The number of unbranched alkanes of at least 4 members (excludes halogenated alkanes) is 9. The van der Waals surface area contributed by atoms with Gasteiger partial charge < -0.3 is 11.5 Å². The highest BCUT2D eigenvalue weighted by Gasteiger charge is 2.27. The molecule has 1 aliphatic carbocycles. The van der Waals surface area contributed by atoms with E-state index in [1.54, 1.807) is 0 Å². The van der Waals surface area contributed by atoms with E-state index in [1.165, 1.54) is 76.2 Å². The zero-order chi connectivity index (χ0) is 19.4. The Bertz CT molecular complexity index is 582. The maximum absolute atomic E-state index is 6.00. The molecular formula is C25H40N2. The van der Waals surface area contributed by atoms with Gasteiger partial charge in [-0.3, -0.25) is 0 Å². The van der Waals surface area contributed by atoms with Gasteiger partial charge in [0.05, 0.1) is 0 Å². The summed E-state index contributed by atoms with van der Waals surface area (Å²) in [5.41, 5.74) is 15.0. The summed E-state index contributed by atoms with van der Waals surface area (Å²) >= 11 is 0. The van der Waals surface area contributed by atoms with E-state index in [0.717, 1.165) is 24.2 Å². The number of nitrogen functional groups attached to an aromatic ring is 2. The third-order valence-electron chi connectivity index (χ3n) is 5.84. The summed E-state index contributed by atoms with van der Waals surface area (Å²) < 4.78 is 0. The van der Waals surface area contributed by atoms with Gasteiger partial charge in [0.1, 0.15) is 0 Å². The molecule has 1 aromatic rings. The van der Waals surface area contributed by atoms with Crippen LogP contribution in [-0.2, 0) is 6.42 Å². The van der Waals surface area contributed by atoms with Crippen molar-refractivity contribution in [2.75, 3.05) is 11.5 Å². The molecule has 1 unspecified atom stereocenters. The highest BCUT2D eigenvalue weighted by atomic mass is 14.6. The summed E-state index contributed by atoms with van der Waals surface area (Å²) in [6.07, 6.45) is 26.4. The van der Waals surface area contributed by atoms with E-state index in [-0.39, 0.29) is 5.41 Å². The van der Waals surface area contributed by atoms with Crippen LogP contribution in [0, 0.1) is 5.41 Å². The molecule has 0 saturated carbocycles. The van der Waals surface area contributed by atoms with Crippen molar-refractivity contribution in [3.8, 4) is 0 Å². The lowest BCUT2D eigenvalue weighted by molar-refractivity contribution is 0.331. The summed E-state index contributed by atoms with van der Waals surface area (Å²) in [6.45, 7) is 2.28. The fraction of sp³-hybridized carbons (Fsp3) is 0.600. The Morgan fingerprint density at radius 1 is 0.778 bits per heavy atom. The van der Waals surface area contributed by atoms with Gasteiger partial charge in [-0.25, -0.2) is 0 Å². The van der Waals surface area contributed by atoms with Gasteiger partial charge in [-0.15, -0.1) is 0 Å². The summed E-state index contributed by atoms with van der Waals surface area (Å²) in [6, 6.07) is 6.01. The van der Waals surface area contributed by atoms with Gasteiger partial charge in [0.2, 0.25) is 0 Å². The quantitative estimate of drug-likeness (QED) is 0.285. The first-order valence-corrected chi connectivity index (χ1v) is 11.1. The topological polar surface area (TPSA) is 52.0 Å². The molecule has 1 aliphatic rings. The molecule has 1 atom stereocenters. The standard InChI is InChI=1S/C25H40N2/c1-2-3-4-5-6-7-8-9-10-12-15-25(16-13-11-14-17-25)21-22-18-23(26)20-24(27)19-22/h11,13-14,16,18-20H,2-10,12,15,17,21,26-27H2,1H3. The van der Waals surface area contributed by atoms with Crippen molar-refractivity contribution in [1.82, 2.24) is 0 Å². The molecule has 0 bridgehead atoms. The Labute approximate surface area is 167 Å². The van der Waals surface area contributed by atoms with Crippen molar-refractivity contribution in [1.29, 1.82) is 0 Å². The van der Waals surface area contributed by atoms with Gasteiger partial charge in [0.15, 0.2) is 0 Å². The molecule has 1 aromatic carbocycles. The molecule has 2 rings (SSSR count). The van der Waals surface area contributed by atoms with Crippen LogP contribution in [0.25, 0.3) is 0 Å². The van der Waals surface area contributed by atoms with Gasteiger partial charge in [-0.05, 0) is 48.4 Å². The molecule has 0 saturated heterocycles. The van der Waals surface area contributed by atoms with Crippen molar-refractivity contribution >= 4 is 11.4 Å². The number of hydrogen-bond acceptors (Lipinski definition) is 2. The van der Waals surface area contributed by atoms with E-state index in [4.69, 9.17) is 11.5 Å². The van der Waals surface area contributed by atoms with E-state index < -0.39 is 0 Å². The smallest absolute Gasteiger partial charge is 0.0337 e. The lowest BCUT2D eigenvalue weighted by Crippen LogP contribution is -2.22. The van der Waals surface area contributed by atoms with Crippen molar-refractivity contribution in [2.24, 2.45) is 5.41 Å². The Morgan fingerprint density at radius 2 is 1.37 bits per heavy atom. The van der Waals surface area contributed by atoms with Crippen LogP contribution in [0.5, 0.6) is 0 Å². The zero-order valence-corrected chi connectivity index (χ0v) is 17.4. The third kappa shape index (κ3) is 8.24. The zero-order valence-electron chi connectivity index (χ0n) is 17.4. The van der Waals surface area contributed by atoms with Gasteiger partial charge in [-0.2, -0.15) is 0 Å². The predicted molar refractivity (Wildman–Crippen MR) is 121 cm³/mol. The van der Waals surface area contributed by atoms with Crippen molar-refractivity contribution in [2.45, 2.75) is 90.4 Å². The average Bonchev–Trinajstić information content (AvgIpc) is 2.63. The van der Waals surface area contributed by atoms with Crippen LogP contribution in [0.1, 0.15) is 89.5 Å². The Morgan fingerprint density at radius 3 is 1.93 bits per heavy atom. The molecule has 0 heterocycles. The molecule has 4 N–H and O–H groups in total. The number of benzene rings is 1. The van der Waals surface area contributed by atoms with Crippen molar-refractivity contribution in [3.63, 3.8) is 0 Å². The average molecular weight is 369 g/mol. The van der Waals surface area contributed by atoms with E-state index in [2.05, 4.69) is 43.4 Å². The molecule has 27 heavy (non-hydrogen) atoms. The molecule has 2 heteroatoms. The van der Waals surface area contributed by atoms with Crippen LogP contribution < -0.4 is 11.5 Å². The fourth-order valence-corrected chi connectivity index (χ4v) is 4.33. The minimum atomic E-state index is 0.231. The van der Waals surface area contributed by atoms with Crippen LogP contribution >= 0.6 is 0 Å². The highest BCUT2D eigenvalue weighted by molar-refractivity contribution is 5.54. The monoisotopic (exact) mass is 368 g/mol. The molecule has 0 spiro atoms. The maximum Gasteiger partial charge on any atom is 0.0337 e. The highest BCUT2D eigenvalue weighted by Crippen LogP contribution is 2.38. The van der Waals surface area contributed by atoms with E-state index >= 15 is 0 Å². The van der Waals surface area contributed by atoms with Crippen molar-refractivity contribution in [3.05, 3.63) is 48.1 Å². The summed E-state index contributed by atoms with van der Waals surface area (Å²) in [7, 11) is 0. The van der Waals surface area contributed by atoms with Crippen LogP contribution in [0.3, 0.4) is 0 Å². The summed E-state index contributed by atoms with van der Waals surface area (Å²) in [5, 5.41) is 0. The van der Waals surface area contributed by atoms with Gasteiger partial charge in [-0.1, -0.05) is 95.4 Å². The van der Waals surface area contributed by atoms with Crippen LogP contribution in [-0.4, -0.2) is 0 Å². The Balaban J connectivity index is 1.73. The number of hydrogen-bond donors (Lipinski definition) is 2. The Kier molecular flexibility index (Phi) is 9.52. The first kappa shape index (κ1) is 21.6. The number of rotatable bonds is 13. The first-order valence-electron chi connectivity index (χ1n) is 11.1.